The van der Waals surface area contributed by atoms with Crippen LogP contribution in [-0.2, 0) is 4.74 Å². The van der Waals surface area contributed by atoms with Crippen LogP contribution in [0.2, 0.25) is 5.02 Å². The fraction of sp³-hybridized carbons (Fsp3) is 0.417. The number of anilines is 1. The van der Waals surface area contributed by atoms with Crippen molar-refractivity contribution in [3.05, 3.63) is 23.2 Å². The van der Waals surface area contributed by atoms with Crippen LogP contribution in [0, 0.1) is 0 Å². The van der Waals surface area contributed by atoms with E-state index in [4.69, 9.17) is 26.2 Å². The average molecular weight is 289 g/mol. The fourth-order valence-corrected chi connectivity index (χ4v) is 1.51. The molecule has 0 unspecified atom stereocenters. The number of halogens is 1. The predicted molar refractivity (Wildman–Crippen MR) is 72.9 cm³/mol. The van der Waals surface area contributed by atoms with E-state index in [1.807, 2.05) is 0 Å². The Morgan fingerprint density at radius 1 is 1.42 bits per heavy atom. The summed E-state index contributed by atoms with van der Waals surface area (Å²) in [5.41, 5.74) is 0.541. The van der Waals surface area contributed by atoms with Gasteiger partial charge in [-0.25, -0.2) is 4.79 Å². The van der Waals surface area contributed by atoms with Crippen molar-refractivity contribution in [2.24, 2.45) is 0 Å². The summed E-state index contributed by atoms with van der Waals surface area (Å²) >= 11 is 6.02. The average Bonchev–Trinajstić information content (AvgIpc) is 2.39. The number of hydrogen-bond acceptors (Lipinski definition) is 4. The summed E-state index contributed by atoms with van der Waals surface area (Å²) in [5, 5.41) is 14.0. The molecule has 7 heteroatoms. The Morgan fingerprint density at radius 3 is 2.84 bits per heavy atom. The Bertz CT molecular complexity index is 415. The predicted octanol–water partition coefficient (Wildman–Crippen LogP) is 1.48. The maximum Gasteiger partial charge on any atom is 0.319 e. The Morgan fingerprint density at radius 2 is 2.21 bits per heavy atom. The third-order valence-corrected chi connectivity index (χ3v) is 2.43. The number of carbonyl (C=O) groups excluding carboxylic acids is 1. The van der Waals surface area contributed by atoms with Gasteiger partial charge in [0.2, 0.25) is 0 Å². The molecule has 0 bridgehead atoms. The molecule has 1 aromatic rings. The normalized spacial score (nSPS) is 10.1. The highest BCUT2D eigenvalue weighted by atomic mass is 35.5. The van der Waals surface area contributed by atoms with E-state index in [1.54, 1.807) is 25.3 Å². The van der Waals surface area contributed by atoms with Gasteiger partial charge in [-0.15, -0.1) is 0 Å². The van der Waals surface area contributed by atoms with E-state index < -0.39 is 6.03 Å². The highest BCUT2D eigenvalue weighted by molar-refractivity contribution is 6.32. The Balaban J connectivity index is 2.53. The monoisotopic (exact) mass is 288 g/mol. The zero-order valence-electron chi connectivity index (χ0n) is 10.6. The standard InChI is InChI=1S/C12H17ClN2O4/c1-18-6-7-19-11-3-2-9(8-10(11)13)15-12(17)14-4-5-16/h2-3,8,16H,4-7H2,1H3,(H2,14,15,17). The van der Waals surface area contributed by atoms with Crippen molar-refractivity contribution in [2.75, 3.05) is 38.8 Å². The SMILES string of the molecule is COCCOc1ccc(NC(=O)NCCO)cc1Cl. The summed E-state index contributed by atoms with van der Waals surface area (Å²) in [5.74, 6) is 0.528. The summed E-state index contributed by atoms with van der Waals surface area (Å²) in [6.07, 6.45) is 0. The molecule has 0 aliphatic carbocycles. The van der Waals surface area contributed by atoms with Crippen LogP contribution in [0.1, 0.15) is 0 Å². The van der Waals surface area contributed by atoms with E-state index in [0.29, 0.717) is 29.7 Å². The molecular formula is C12H17ClN2O4. The zero-order valence-corrected chi connectivity index (χ0v) is 11.4. The molecule has 0 saturated carbocycles. The van der Waals surface area contributed by atoms with Crippen LogP contribution in [0.15, 0.2) is 18.2 Å². The van der Waals surface area contributed by atoms with E-state index >= 15 is 0 Å². The second-order valence-electron chi connectivity index (χ2n) is 3.59. The van der Waals surface area contributed by atoms with Crippen LogP contribution in [0.3, 0.4) is 0 Å². The number of aliphatic hydroxyl groups is 1. The lowest BCUT2D eigenvalue weighted by Gasteiger charge is -2.10. The van der Waals surface area contributed by atoms with Gasteiger partial charge in [-0.3, -0.25) is 0 Å². The summed E-state index contributed by atoms with van der Waals surface area (Å²) in [4.78, 5) is 11.4. The van der Waals surface area contributed by atoms with Gasteiger partial charge in [-0.2, -0.15) is 0 Å². The first-order chi connectivity index (χ1) is 9.17. The highest BCUT2D eigenvalue weighted by Crippen LogP contribution is 2.27. The summed E-state index contributed by atoms with van der Waals surface area (Å²) in [6.45, 7) is 0.956. The molecule has 106 valence electrons. The largest absolute Gasteiger partial charge is 0.490 e. The summed E-state index contributed by atoms with van der Waals surface area (Å²) < 4.78 is 10.2. The molecule has 0 radical (unpaired) electrons. The molecule has 0 saturated heterocycles. The molecule has 0 spiro atoms. The zero-order chi connectivity index (χ0) is 14.1. The number of hydrogen-bond donors (Lipinski definition) is 3. The van der Waals surface area contributed by atoms with Crippen molar-refractivity contribution in [3.8, 4) is 5.75 Å². The number of ether oxygens (including phenoxy) is 2. The van der Waals surface area contributed by atoms with Gasteiger partial charge in [-0.1, -0.05) is 11.6 Å². The van der Waals surface area contributed by atoms with Gasteiger partial charge in [0.15, 0.2) is 0 Å². The lowest BCUT2D eigenvalue weighted by molar-refractivity contribution is 0.146. The Labute approximate surface area is 116 Å². The van der Waals surface area contributed by atoms with Gasteiger partial charge >= 0.3 is 6.03 Å². The van der Waals surface area contributed by atoms with Crippen LogP contribution in [-0.4, -0.2) is 44.6 Å². The smallest absolute Gasteiger partial charge is 0.319 e. The quantitative estimate of drug-likeness (QED) is 0.664. The topological polar surface area (TPSA) is 79.8 Å². The van der Waals surface area contributed by atoms with Gasteiger partial charge in [0.1, 0.15) is 12.4 Å². The van der Waals surface area contributed by atoms with Gasteiger partial charge < -0.3 is 25.2 Å². The molecule has 6 nitrogen and oxygen atoms in total. The molecule has 19 heavy (non-hydrogen) atoms. The second-order valence-corrected chi connectivity index (χ2v) is 4.00. The molecule has 0 aliphatic rings. The summed E-state index contributed by atoms with van der Waals surface area (Å²) in [6, 6.07) is 4.52. The molecule has 2 amide bonds. The lowest BCUT2D eigenvalue weighted by Crippen LogP contribution is -2.30. The van der Waals surface area contributed by atoms with Crippen molar-refractivity contribution < 1.29 is 19.4 Å². The van der Waals surface area contributed by atoms with Crippen LogP contribution < -0.4 is 15.4 Å². The van der Waals surface area contributed by atoms with Crippen LogP contribution in [0.25, 0.3) is 0 Å². The molecule has 0 atom stereocenters. The number of carbonyl (C=O) groups is 1. The van der Waals surface area contributed by atoms with Crippen molar-refractivity contribution >= 4 is 23.3 Å². The number of amides is 2. The van der Waals surface area contributed by atoms with Crippen molar-refractivity contribution in [1.29, 1.82) is 0 Å². The van der Waals surface area contributed by atoms with Crippen molar-refractivity contribution in [2.45, 2.75) is 0 Å². The second kappa shape index (κ2) is 8.58. The van der Waals surface area contributed by atoms with Crippen LogP contribution in [0.4, 0.5) is 10.5 Å². The number of urea groups is 1. The molecule has 1 aromatic carbocycles. The van der Waals surface area contributed by atoms with Crippen molar-refractivity contribution in [1.82, 2.24) is 5.32 Å². The van der Waals surface area contributed by atoms with E-state index in [-0.39, 0.29) is 13.2 Å². The highest BCUT2D eigenvalue weighted by Gasteiger charge is 2.05. The number of nitrogens with one attached hydrogen (secondary N) is 2. The number of benzene rings is 1. The van der Waals surface area contributed by atoms with Crippen LogP contribution >= 0.6 is 11.6 Å². The number of aliphatic hydroxyl groups excluding tert-OH is 1. The molecule has 0 fully saturated rings. The minimum absolute atomic E-state index is 0.111. The maximum atomic E-state index is 11.4. The Hall–Kier alpha value is -1.50. The molecule has 3 N–H and O–H groups in total. The van der Waals surface area contributed by atoms with E-state index in [2.05, 4.69) is 10.6 Å². The van der Waals surface area contributed by atoms with Gasteiger partial charge in [-0.05, 0) is 18.2 Å². The van der Waals surface area contributed by atoms with Gasteiger partial charge in [0, 0.05) is 19.3 Å². The minimum atomic E-state index is -0.404. The third kappa shape index (κ3) is 5.78. The number of methoxy groups -OCH3 is 1. The first kappa shape index (κ1) is 15.6. The van der Waals surface area contributed by atoms with Crippen molar-refractivity contribution in [3.63, 3.8) is 0 Å². The third-order valence-electron chi connectivity index (χ3n) is 2.13. The molecular weight excluding hydrogens is 272 g/mol. The molecule has 0 aromatic heterocycles. The Kier molecular flexibility index (Phi) is 7.02. The van der Waals surface area contributed by atoms with Gasteiger partial charge in [0.05, 0.1) is 18.2 Å². The number of rotatable bonds is 7. The fourth-order valence-electron chi connectivity index (χ4n) is 1.28. The van der Waals surface area contributed by atoms with E-state index in [1.165, 1.54) is 0 Å². The summed E-state index contributed by atoms with van der Waals surface area (Å²) in [7, 11) is 1.59. The molecule has 0 heterocycles. The van der Waals surface area contributed by atoms with E-state index in [9.17, 15) is 4.79 Å². The van der Waals surface area contributed by atoms with Gasteiger partial charge in [0.25, 0.3) is 0 Å². The minimum Gasteiger partial charge on any atom is -0.490 e. The first-order valence-electron chi connectivity index (χ1n) is 5.74. The maximum absolute atomic E-state index is 11.4. The molecule has 0 aliphatic heterocycles. The van der Waals surface area contributed by atoms with Crippen LogP contribution in [0.5, 0.6) is 5.75 Å². The molecule has 1 rings (SSSR count). The van der Waals surface area contributed by atoms with E-state index in [0.717, 1.165) is 0 Å². The first-order valence-corrected chi connectivity index (χ1v) is 6.12. The lowest BCUT2D eigenvalue weighted by atomic mass is 10.3.